The fourth-order valence-corrected chi connectivity index (χ4v) is 3.04. The van der Waals surface area contributed by atoms with Crippen LogP contribution in [0.25, 0.3) is 4.85 Å². The molecule has 7 heteroatoms. The van der Waals surface area contributed by atoms with E-state index in [4.69, 9.17) is 6.57 Å². The second kappa shape index (κ2) is 8.26. The molecule has 0 aliphatic rings. The first-order valence-corrected chi connectivity index (χ1v) is 8.36. The lowest BCUT2D eigenvalue weighted by Gasteiger charge is -2.30. The highest BCUT2D eigenvalue weighted by molar-refractivity contribution is 5.97. The molecule has 0 fully saturated rings. The number of rotatable bonds is 6. The summed E-state index contributed by atoms with van der Waals surface area (Å²) >= 11 is 0. The van der Waals surface area contributed by atoms with Gasteiger partial charge in [0.2, 0.25) is 0 Å². The molecule has 2 atom stereocenters. The number of benzene rings is 2. The van der Waals surface area contributed by atoms with E-state index in [1.807, 2.05) is 0 Å². The van der Waals surface area contributed by atoms with Gasteiger partial charge in [-0.2, -0.15) is 13.2 Å². The van der Waals surface area contributed by atoms with Crippen LogP contribution >= 0.6 is 0 Å². The van der Waals surface area contributed by atoms with E-state index >= 15 is 0 Å². The molecule has 0 radical (unpaired) electrons. The zero-order valence-corrected chi connectivity index (χ0v) is 15.3. The van der Waals surface area contributed by atoms with Crippen LogP contribution in [0.3, 0.4) is 0 Å². The molecule has 28 heavy (non-hydrogen) atoms. The molecule has 0 saturated heterocycles. The van der Waals surface area contributed by atoms with Gasteiger partial charge in [-0.05, 0) is 6.92 Å². The average Bonchev–Trinajstić information content (AvgIpc) is 2.68. The molecule has 146 valence electrons. The fraction of sp³-hybridized carbons (Fsp3) is 0.286. The average molecular weight is 389 g/mol. The number of Topliss-reactive ketones (excluding diaryl/α,β-unsaturated/α-hetero) is 1. The zero-order valence-electron chi connectivity index (χ0n) is 15.3. The standard InChI is InChI=1S/C21H18F3NO3/c1-14-9-11-16(12-10-14)20(25-2,19(27)28-3)18(21(22,23)24)13-17(26)15-7-5-4-6-8-15/h4-12,18H,13H2,1,3H3/t18-,20-/m0/s1. The normalized spacial score (nSPS) is 14.4. The molecule has 0 N–H and O–H groups in total. The van der Waals surface area contributed by atoms with Crippen LogP contribution in [0.5, 0.6) is 0 Å². The molecule has 0 spiro atoms. The summed E-state index contributed by atoms with van der Waals surface area (Å²) in [6.07, 6.45) is -6.05. The Morgan fingerprint density at radius 3 is 2.11 bits per heavy atom. The van der Waals surface area contributed by atoms with Crippen molar-refractivity contribution in [3.8, 4) is 0 Å². The van der Waals surface area contributed by atoms with E-state index < -0.39 is 35.8 Å². The lowest BCUT2D eigenvalue weighted by atomic mass is 9.74. The lowest BCUT2D eigenvalue weighted by Crippen LogP contribution is -2.48. The number of carbonyl (C=O) groups excluding carboxylic acids is 2. The SMILES string of the molecule is [C-]#[N+][C@@](C(=O)OC)(c1ccc(C)cc1)[C@H](CC(=O)c1ccccc1)C(F)(F)F. The minimum atomic E-state index is -4.99. The van der Waals surface area contributed by atoms with Crippen molar-refractivity contribution in [2.24, 2.45) is 5.92 Å². The summed E-state index contributed by atoms with van der Waals surface area (Å²) in [6, 6.07) is 13.0. The van der Waals surface area contributed by atoms with E-state index in [9.17, 15) is 22.8 Å². The number of nitrogens with zero attached hydrogens (tertiary/aromatic N) is 1. The van der Waals surface area contributed by atoms with E-state index in [1.54, 1.807) is 13.0 Å². The van der Waals surface area contributed by atoms with Crippen molar-refractivity contribution in [3.05, 3.63) is 82.7 Å². The van der Waals surface area contributed by atoms with Gasteiger partial charge in [0, 0.05) is 17.5 Å². The number of ether oxygens (including phenoxy) is 1. The van der Waals surface area contributed by atoms with Crippen LogP contribution in [0.1, 0.15) is 27.9 Å². The molecule has 2 rings (SSSR count). The third-order valence-corrected chi connectivity index (χ3v) is 4.55. The first kappa shape index (κ1) is 21.2. The molecule has 2 aromatic carbocycles. The van der Waals surface area contributed by atoms with E-state index in [0.29, 0.717) is 0 Å². The van der Waals surface area contributed by atoms with Gasteiger partial charge in [-0.15, -0.1) is 0 Å². The van der Waals surface area contributed by atoms with Gasteiger partial charge in [0.1, 0.15) is 0 Å². The predicted octanol–water partition coefficient (Wildman–Crippen LogP) is 4.73. The summed E-state index contributed by atoms with van der Waals surface area (Å²) < 4.78 is 46.7. The minimum absolute atomic E-state index is 0.0735. The lowest BCUT2D eigenvalue weighted by molar-refractivity contribution is -0.197. The zero-order chi connectivity index (χ0) is 20.9. The van der Waals surface area contributed by atoms with Crippen molar-refractivity contribution in [2.45, 2.75) is 25.1 Å². The second-order valence-corrected chi connectivity index (χ2v) is 6.32. The van der Waals surface area contributed by atoms with Crippen LogP contribution in [-0.4, -0.2) is 25.0 Å². The highest BCUT2D eigenvalue weighted by Crippen LogP contribution is 2.47. The molecular formula is C21H18F3NO3. The molecule has 0 amide bonds. The van der Waals surface area contributed by atoms with Crippen LogP contribution in [0, 0.1) is 19.4 Å². The van der Waals surface area contributed by atoms with Gasteiger partial charge >= 0.3 is 17.7 Å². The maximum absolute atomic E-state index is 14.0. The topological polar surface area (TPSA) is 47.7 Å². The summed E-state index contributed by atoms with van der Waals surface area (Å²) in [6.45, 7) is 9.23. The number of alkyl halides is 3. The fourth-order valence-electron chi connectivity index (χ4n) is 3.04. The summed E-state index contributed by atoms with van der Waals surface area (Å²) in [5.41, 5.74) is -2.06. The third-order valence-electron chi connectivity index (χ3n) is 4.55. The van der Waals surface area contributed by atoms with Gasteiger partial charge in [-0.25, -0.2) is 11.4 Å². The molecule has 0 aliphatic heterocycles. The van der Waals surface area contributed by atoms with Crippen molar-refractivity contribution in [3.63, 3.8) is 0 Å². The smallest absolute Gasteiger partial charge is 0.401 e. The van der Waals surface area contributed by atoms with Gasteiger partial charge < -0.3 is 4.74 Å². The quantitative estimate of drug-likeness (QED) is 0.408. The highest BCUT2D eigenvalue weighted by atomic mass is 19.4. The number of ketones is 1. The number of hydrogen-bond acceptors (Lipinski definition) is 3. The number of esters is 1. The largest absolute Gasteiger partial charge is 0.463 e. The van der Waals surface area contributed by atoms with Gasteiger partial charge in [0.15, 0.2) is 11.7 Å². The number of aryl methyl sites for hydroxylation is 1. The first-order chi connectivity index (χ1) is 13.2. The van der Waals surface area contributed by atoms with E-state index in [2.05, 4.69) is 9.58 Å². The summed E-state index contributed by atoms with van der Waals surface area (Å²) in [4.78, 5) is 28.1. The molecule has 4 nitrogen and oxygen atoms in total. The van der Waals surface area contributed by atoms with Crippen molar-refractivity contribution >= 4 is 11.8 Å². The van der Waals surface area contributed by atoms with E-state index in [-0.39, 0.29) is 11.1 Å². The van der Waals surface area contributed by atoms with Gasteiger partial charge in [0.25, 0.3) is 0 Å². The Morgan fingerprint density at radius 1 is 1.07 bits per heavy atom. The molecule has 0 aromatic heterocycles. The predicted molar refractivity (Wildman–Crippen MR) is 96.4 cm³/mol. The molecule has 0 bridgehead atoms. The minimum Gasteiger partial charge on any atom is -0.463 e. The number of methoxy groups -OCH3 is 1. The van der Waals surface area contributed by atoms with Crippen LogP contribution < -0.4 is 0 Å². The maximum atomic E-state index is 14.0. The Kier molecular flexibility index (Phi) is 6.24. The Hall–Kier alpha value is -3.14. The van der Waals surface area contributed by atoms with Crippen molar-refractivity contribution in [1.29, 1.82) is 0 Å². The van der Waals surface area contributed by atoms with Gasteiger partial charge in [-0.3, -0.25) is 9.64 Å². The molecule has 2 aromatic rings. The summed E-state index contributed by atoms with van der Waals surface area (Å²) in [5.74, 6) is -4.73. The van der Waals surface area contributed by atoms with Gasteiger partial charge in [-0.1, -0.05) is 60.2 Å². The number of halogens is 3. The Balaban J connectivity index is 2.63. The van der Waals surface area contributed by atoms with Crippen LogP contribution in [0.2, 0.25) is 0 Å². The molecule has 0 heterocycles. The Bertz CT molecular complexity index is 886. The molecule has 0 unspecified atom stereocenters. The number of hydrogen-bond donors (Lipinski definition) is 0. The third kappa shape index (κ3) is 4.06. The molecular weight excluding hydrogens is 371 g/mol. The monoisotopic (exact) mass is 389 g/mol. The van der Waals surface area contributed by atoms with Crippen molar-refractivity contribution < 1.29 is 27.5 Å². The van der Waals surface area contributed by atoms with Crippen molar-refractivity contribution in [1.82, 2.24) is 0 Å². The van der Waals surface area contributed by atoms with Crippen molar-refractivity contribution in [2.75, 3.05) is 7.11 Å². The van der Waals surface area contributed by atoms with E-state index in [0.717, 1.165) is 12.7 Å². The van der Waals surface area contributed by atoms with Crippen LogP contribution in [0.4, 0.5) is 13.2 Å². The molecule has 0 saturated carbocycles. The van der Waals surface area contributed by atoms with Gasteiger partial charge in [0.05, 0.1) is 7.11 Å². The Morgan fingerprint density at radius 2 is 1.64 bits per heavy atom. The Labute approximate surface area is 160 Å². The summed E-state index contributed by atoms with van der Waals surface area (Å²) in [7, 11) is 0.920. The highest BCUT2D eigenvalue weighted by Gasteiger charge is 2.66. The first-order valence-electron chi connectivity index (χ1n) is 8.36. The number of carbonyl (C=O) groups is 2. The second-order valence-electron chi connectivity index (χ2n) is 6.32. The maximum Gasteiger partial charge on any atom is 0.401 e. The van der Waals surface area contributed by atoms with E-state index in [1.165, 1.54) is 48.5 Å². The van der Waals surface area contributed by atoms with Crippen LogP contribution in [-0.2, 0) is 15.1 Å². The molecule has 0 aliphatic carbocycles. The summed E-state index contributed by atoms with van der Waals surface area (Å²) in [5, 5.41) is 0. The van der Waals surface area contributed by atoms with Crippen LogP contribution in [0.15, 0.2) is 54.6 Å².